The number of nitrogens with zero attached hydrogens (tertiary/aromatic N) is 2. The third-order valence-corrected chi connectivity index (χ3v) is 3.70. The fraction of sp³-hybridized carbons (Fsp3) is 0.471. The molecule has 0 saturated carbocycles. The molecule has 2 aromatic rings. The van der Waals surface area contributed by atoms with Crippen LogP contribution in [0.3, 0.4) is 0 Å². The third-order valence-electron chi connectivity index (χ3n) is 3.70. The summed E-state index contributed by atoms with van der Waals surface area (Å²) in [6.45, 7) is 3.62. The molecule has 7 heteroatoms. The first-order valence-electron chi connectivity index (χ1n) is 7.79. The second kappa shape index (κ2) is 8.63. The average molecular weight is 339 g/mol. The Labute approximate surface area is 140 Å². The lowest BCUT2D eigenvalue weighted by Crippen LogP contribution is -2.24. The summed E-state index contributed by atoms with van der Waals surface area (Å²) in [6.07, 6.45) is 3.77. The van der Waals surface area contributed by atoms with Crippen LogP contribution in [0.5, 0.6) is 11.5 Å². The predicted molar refractivity (Wildman–Crippen MR) is 87.5 cm³/mol. The van der Waals surface area contributed by atoms with Gasteiger partial charge in [-0.15, -0.1) is 0 Å². The van der Waals surface area contributed by atoms with E-state index in [0.717, 1.165) is 24.5 Å². The van der Waals surface area contributed by atoms with Crippen LogP contribution in [0.2, 0.25) is 0 Å². The minimum Gasteiger partial charge on any atom is -0.493 e. The van der Waals surface area contributed by atoms with Crippen LogP contribution in [-0.4, -0.2) is 29.8 Å². The van der Waals surface area contributed by atoms with Crippen LogP contribution >= 0.6 is 0 Å². The maximum absolute atomic E-state index is 12.3. The summed E-state index contributed by atoms with van der Waals surface area (Å²) >= 11 is 0. The highest BCUT2D eigenvalue weighted by atomic mass is 19.3. The van der Waals surface area contributed by atoms with E-state index in [0.29, 0.717) is 18.2 Å². The molecule has 0 aliphatic rings. The zero-order valence-corrected chi connectivity index (χ0v) is 14.1. The van der Waals surface area contributed by atoms with Crippen LogP contribution in [-0.2, 0) is 13.1 Å². The van der Waals surface area contributed by atoms with Gasteiger partial charge in [0.2, 0.25) is 0 Å². The Morgan fingerprint density at radius 3 is 2.71 bits per heavy atom. The van der Waals surface area contributed by atoms with Crippen molar-refractivity contribution in [2.45, 2.75) is 33.5 Å². The maximum atomic E-state index is 12.3. The Kier molecular flexibility index (Phi) is 6.54. The Balaban J connectivity index is 1.84. The number of nitrogens with one attached hydrogen (secondary N) is 1. The van der Waals surface area contributed by atoms with Gasteiger partial charge in [0.05, 0.1) is 7.11 Å². The van der Waals surface area contributed by atoms with Crippen LogP contribution in [0, 0.1) is 12.8 Å². The molecule has 132 valence electrons. The largest absolute Gasteiger partial charge is 0.493 e. The molecule has 1 atom stereocenters. The van der Waals surface area contributed by atoms with Crippen LogP contribution in [0.15, 0.2) is 30.6 Å². The molecule has 0 radical (unpaired) electrons. The van der Waals surface area contributed by atoms with Gasteiger partial charge in [-0.25, -0.2) is 4.98 Å². The molecule has 1 N–H and O–H groups in total. The van der Waals surface area contributed by atoms with Gasteiger partial charge in [0.1, 0.15) is 5.82 Å². The van der Waals surface area contributed by atoms with E-state index in [4.69, 9.17) is 4.74 Å². The van der Waals surface area contributed by atoms with Crippen LogP contribution in [0.4, 0.5) is 8.78 Å². The number of methoxy groups -OCH3 is 1. The molecule has 1 heterocycles. The topological polar surface area (TPSA) is 48.3 Å². The number of aryl methyl sites for hydroxylation is 1. The molecule has 0 fully saturated rings. The minimum atomic E-state index is -2.87. The van der Waals surface area contributed by atoms with Gasteiger partial charge < -0.3 is 19.4 Å². The minimum absolute atomic E-state index is 0.0419. The number of halogens is 2. The molecule has 0 spiro atoms. The van der Waals surface area contributed by atoms with Crippen molar-refractivity contribution in [2.24, 2.45) is 5.92 Å². The van der Waals surface area contributed by atoms with Crippen molar-refractivity contribution in [1.82, 2.24) is 14.9 Å². The van der Waals surface area contributed by atoms with Gasteiger partial charge in [0.25, 0.3) is 0 Å². The molecule has 2 rings (SSSR count). The number of hydrogen-bond donors (Lipinski definition) is 1. The lowest BCUT2D eigenvalue weighted by molar-refractivity contribution is -0.0512. The normalized spacial score (nSPS) is 12.4. The quantitative estimate of drug-likeness (QED) is 0.762. The second-order valence-corrected chi connectivity index (χ2v) is 5.73. The number of benzene rings is 1. The van der Waals surface area contributed by atoms with Crippen molar-refractivity contribution in [3.63, 3.8) is 0 Å². The van der Waals surface area contributed by atoms with Gasteiger partial charge in [-0.1, -0.05) is 13.0 Å². The number of alkyl halides is 2. The second-order valence-electron chi connectivity index (χ2n) is 5.73. The lowest BCUT2D eigenvalue weighted by atomic mass is 10.1. The van der Waals surface area contributed by atoms with Crippen molar-refractivity contribution >= 4 is 0 Å². The molecule has 5 nitrogen and oxygen atoms in total. The molecular formula is C17H23F2N3O2. The number of aromatic nitrogens is 2. The highest BCUT2D eigenvalue weighted by molar-refractivity contribution is 5.42. The van der Waals surface area contributed by atoms with Gasteiger partial charge in [0.15, 0.2) is 11.5 Å². The molecule has 1 unspecified atom stereocenters. The van der Waals surface area contributed by atoms with Crippen molar-refractivity contribution in [3.05, 3.63) is 42.0 Å². The summed E-state index contributed by atoms with van der Waals surface area (Å²) in [5.41, 5.74) is 0.944. The number of ether oxygens (including phenoxy) is 2. The summed E-state index contributed by atoms with van der Waals surface area (Å²) < 4.78 is 36.3. The van der Waals surface area contributed by atoms with Crippen LogP contribution in [0.25, 0.3) is 0 Å². The van der Waals surface area contributed by atoms with Crippen molar-refractivity contribution in [1.29, 1.82) is 0 Å². The third kappa shape index (κ3) is 5.19. The summed E-state index contributed by atoms with van der Waals surface area (Å²) in [6, 6.07) is 4.95. The standard InChI is InChI=1S/C17H23F2N3O2/c1-12(11-22-7-6-21-13(22)2)9-20-10-14-4-5-15(24-17(18)19)16(8-14)23-3/h4-8,12,17,20H,9-11H2,1-3H3. The molecule has 1 aromatic carbocycles. The van der Waals surface area contributed by atoms with Gasteiger partial charge in [-0.05, 0) is 37.1 Å². The van der Waals surface area contributed by atoms with Crippen LogP contribution in [0.1, 0.15) is 18.3 Å². The Bertz CT molecular complexity index is 647. The first kappa shape index (κ1) is 18.2. The Morgan fingerprint density at radius 1 is 1.29 bits per heavy atom. The van der Waals surface area contributed by atoms with E-state index in [1.807, 2.05) is 13.1 Å². The summed E-state index contributed by atoms with van der Waals surface area (Å²) in [5, 5.41) is 3.37. The molecule has 0 bridgehead atoms. The van der Waals surface area contributed by atoms with Crippen molar-refractivity contribution in [2.75, 3.05) is 13.7 Å². The van der Waals surface area contributed by atoms with E-state index in [-0.39, 0.29) is 5.75 Å². The van der Waals surface area contributed by atoms with Crippen molar-refractivity contribution in [3.8, 4) is 11.5 Å². The predicted octanol–water partition coefficient (Wildman–Crippen LogP) is 3.23. The fourth-order valence-corrected chi connectivity index (χ4v) is 2.48. The Morgan fingerprint density at radius 2 is 2.08 bits per heavy atom. The molecule has 0 amide bonds. The van der Waals surface area contributed by atoms with E-state index in [9.17, 15) is 8.78 Å². The van der Waals surface area contributed by atoms with Gasteiger partial charge in [0, 0.05) is 25.5 Å². The summed E-state index contributed by atoms with van der Waals surface area (Å²) in [7, 11) is 1.43. The molecule has 0 saturated heterocycles. The first-order chi connectivity index (χ1) is 11.5. The molecule has 0 aliphatic heterocycles. The van der Waals surface area contributed by atoms with Crippen molar-refractivity contribution < 1.29 is 18.3 Å². The highest BCUT2D eigenvalue weighted by Gasteiger charge is 2.11. The lowest BCUT2D eigenvalue weighted by Gasteiger charge is -2.15. The number of imidazole rings is 1. The summed E-state index contributed by atoms with van der Waals surface area (Å²) in [4.78, 5) is 4.21. The highest BCUT2D eigenvalue weighted by Crippen LogP contribution is 2.29. The van der Waals surface area contributed by atoms with Gasteiger partial charge in [-0.2, -0.15) is 8.78 Å². The molecule has 0 aliphatic carbocycles. The average Bonchev–Trinajstić information content (AvgIpc) is 2.93. The van der Waals surface area contributed by atoms with Gasteiger partial charge in [-0.3, -0.25) is 0 Å². The van der Waals surface area contributed by atoms with E-state index < -0.39 is 6.61 Å². The zero-order valence-electron chi connectivity index (χ0n) is 14.1. The van der Waals surface area contributed by atoms with E-state index in [2.05, 4.69) is 26.5 Å². The smallest absolute Gasteiger partial charge is 0.387 e. The van der Waals surface area contributed by atoms with E-state index in [1.165, 1.54) is 13.2 Å². The van der Waals surface area contributed by atoms with E-state index >= 15 is 0 Å². The zero-order chi connectivity index (χ0) is 17.5. The van der Waals surface area contributed by atoms with E-state index in [1.54, 1.807) is 18.3 Å². The Hall–Kier alpha value is -2.15. The molecule has 1 aromatic heterocycles. The summed E-state index contributed by atoms with van der Waals surface area (Å²) in [5.74, 6) is 1.78. The first-order valence-corrected chi connectivity index (χ1v) is 7.79. The monoisotopic (exact) mass is 339 g/mol. The van der Waals surface area contributed by atoms with Gasteiger partial charge >= 0.3 is 6.61 Å². The number of rotatable bonds is 9. The maximum Gasteiger partial charge on any atom is 0.387 e. The number of hydrogen-bond acceptors (Lipinski definition) is 4. The van der Waals surface area contributed by atoms with Crippen LogP contribution < -0.4 is 14.8 Å². The fourth-order valence-electron chi connectivity index (χ4n) is 2.48. The molecule has 24 heavy (non-hydrogen) atoms. The molecular weight excluding hydrogens is 316 g/mol. The SMILES string of the molecule is COc1cc(CNCC(C)Cn2ccnc2C)ccc1OC(F)F.